The maximum Gasteiger partial charge on any atom is 0.387 e. The number of hydrogen-bond acceptors (Lipinski definition) is 7. The van der Waals surface area contributed by atoms with Crippen LogP contribution in [0.4, 0.5) is 0 Å². The normalized spacial score (nSPS) is 13.9. The van der Waals surface area contributed by atoms with E-state index in [-0.39, 0.29) is 0 Å². The van der Waals surface area contributed by atoms with Crippen LogP contribution >= 0.6 is 0 Å². The Balaban J connectivity index is 4.11. The van der Waals surface area contributed by atoms with Gasteiger partial charge in [-0.2, -0.15) is 0 Å². The van der Waals surface area contributed by atoms with Crippen LogP contribution in [-0.2, 0) is 24.2 Å². The van der Waals surface area contributed by atoms with Gasteiger partial charge in [0.15, 0.2) is 12.2 Å². The highest BCUT2D eigenvalue weighted by Gasteiger charge is 2.32. The molecule has 8 nitrogen and oxygen atoms in total. The molecular formula is C6H8O8. The number of aliphatic hydroxyl groups excluding tert-OH is 2. The lowest BCUT2D eigenvalue weighted by Gasteiger charge is -2.10. The molecule has 0 saturated heterocycles. The largest absolute Gasteiger partial charge is 0.479 e. The van der Waals surface area contributed by atoms with Crippen LogP contribution in [0.5, 0.6) is 0 Å². The minimum Gasteiger partial charge on any atom is -0.479 e. The van der Waals surface area contributed by atoms with Crippen LogP contribution in [0.25, 0.3) is 0 Å². The third-order valence-electron chi connectivity index (χ3n) is 1.03. The second kappa shape index (κ2) is 5.14. The lowest BCUT2D eigenvalue weighted by atomic mass is 10.2. The minimum absolute atomic E-state index is 0.924. The summed E-state index contributed by atoms with van der Waals surface area (Å²) < 4.78 is 0. The molecule has 0 aliphatic carbocycles. The van der Waals surface area contributed by atoms with E-state index in [1.54, 1.807) is 0 Å². The first-order valence-corrected chi connectivity index (χ1v) is 3.34. The fourth-order valence-corrected chi connectivity index (χ4v) is 0.413. The number of aliphatic carboxylic acids is 1. The second-order valence-corrected chi connectivity index (χ2v) is 2.21. The van der Waals surface area contributed by atoms with Gasteiger partial charge in [-0.05, 0) is 0 Å². The average molecular weight is 208 g/mol. The van der Waals surface area contributed by atoms with Gasteiger partial charge in [-0.15, -0.1) is 0 Å². The number of carbonyl (C=O) groups is 3. The second-order valence-electron chi connectivity index (χ2n) is 2.21. The van der Waals surface area contributed by atoms with Crippen LogP contribution < -0.4 is 0 Å². The van der Waals surface area contributed by atoms with Gasteiger partial charge in [-0.1, -0.05) is 0 Å². The highest BCUT2D eigenvalue weighted by molar-refractivity contribution is 5.84. The third-order valence-corrected chi connectivity index (χ3v) is 1.03. The summed E-state index contributed by atoms with van der Waals surface area (Å²) in [4.78, 5) is 38.2. The highest BCUT2D eigenvalue weighted by atomic mass is 17.2. The predicted octanol–water partition coefficient (Wildman–Crippen LogP) is -2.19. The van der Waals surface area contributed by atoms with Crippen molar-refractivity contribution in [2.24, 2.45) is 0 Å². The third kappa shape index (κ3) is 3.83. The molecule has 0 aromatic carbocycles. The molecule has 0 aliphatic rings. The molecule has 80 valence electrons. The van der Waals surface area contributed by atoms with Crippen LogP contribution in [0.15, 0.2) is 0 Å². The van der Waals surface area contributed by atoms with Crippen LogP contribution in [0, 0.1) is 0 Å². The molecule has 2 unspecified atom stereocenters. The predicted molar refractivity (Wildman–Crippen MR) is 37.5 cm³/mol. The monoisotopic (exact) mass is 208 g/mol. The van der Waals surface area contributed by atoms with Gasteiger partial charge in [0.1, 0.15) is 0 Å². The van der Waals surface area contributed by atoms with E-state index >= 15 is 0 Å². The van der Waals surface area contributed by atoms with Crippen molar-refractivity contribution in [1.29, 1.82) is 0 Å². The zero-order valence-corrected chi connectivity index (χ0v) is 7.04. The zero-order chi connectivity index (χ0) is 11.3. The van der Waals surface area contributed by atoms with Gasteiger partial charge in [-0.25, -0.2) is 24.2 Å². The molecule has 2 atom stereocenters. The first-order valence-electron chi connectivity index (χ1n) is 3.34. The summed E-state index contributed by atoms with van der Waals surface area (Å²) in [6, 6.07) is 0. The number of aliphatic hydroxyl groups is 2. The molecule has 0 spiro atoms. The van der Waals surface area contributed by atoms with Crippen molar-refractivity contribution in [2.45, 2.75) is 19.1 Å². The SMILES string of the molecule is CC(=O)OOC(=O)C(O)C(O)C(=O)O. The Morgan fingerprint density at radius 3 is 1.93 bits per heavy atom. The zero-order valence-electron chi connectivity index (χ0n) is 7.04. The minimum atomic E-state index is -2.34. The van der Waals surface area contributed by atoms with E-state index in [0.717, 1.165) is 6.92 Å². The molecule has 0 bridgehead atoms. The number of hydrogen-bond donors (Lipinski definition) is 3. The summed E-state index contributed by atoms with van der Waals surface area (Å²) in [5.74, 6) is -4.34. The van der Waals surface area contributed by atoms with Gasteiger partial charge in [0, 0.05) is 6.92 Å². The van der Waals surface area contributed by atoms with Gasteiger partial charge in [-0.3, -0.25) is 0 Å². The van der Waals surface area contributed by atoms with E-state index in [4.69, 9.17) is 15.3 Å². The molecule has 0 heterocycles. The first-order chi connectivity index (χ1) is 6.36. The first kappa shape index (κ1) is 12.3. The smallest absolute Gasteiger partial charge is 0.387 e. The lowest BCUT2D eigenvalue weighted by Crippen LogP contribution is -2.40. The lowest BCUT2D eigenvalue weighted by molar-refractivity contribution is -0.265. The van der Waals surface area contributed by atoms with Crippen molar-refractivity contribution in [1.82, 2.24) is 0 Å². The van der Waals surface area contributed by atoms with E-state index in [1.807, 2.05) is 0 Å². The number of rotatable bonds is 3. The summed E-state index contributed by atoms with van der Waals surface area (Å²) in [6.45, 7) is 0.924. The Bertz CT molecular complexity index is 246. The molecule has 0 rings (SSSR count). The van der Waals surface area contributed by atoms with Crippen molar-refractivity contribution in [3.63, 3.8) is 0 Å². The van der Waals surface area contributed by atoms with E-state index in [2.05, 4.69) is 9.78 Å². The maximum absolute atomic E-state index is 10.6. The van der Waals surface area contributed by atoms with Crippen molar-refractivity contribution in [2.75, 3.05) is 0 Å². The van der Waals surface area contributed by atoms with Crippen LogP contribution in [0.2, 0.25) is 0 Å². The Hall–Kier alpha value is -1.67. The van der Waals surface area contributed by atoms with Gasteiger partial charge in [0.2, 0.25) is 0 Å². The number of carboxylic acid groups (broad SMARTS) is 1. The molecular weight excluding hydrogens is 200 g/mol. The van der Waals surface area contributed by atoms with Gasteiger partial charge in [0.25, 0.3) is 0 Å². The van der Waals surface area contributed by atoms with Crippen molar-refractivity contribution < 1.29 is 39.5 Å². The molecule has 0 aromatic rings. The van der Waals surface area contributed by atoms with Crippen molar-refractivity contribution in [3.8, 4) is 0 Å². The summed E-state index contributed by atoms with van der Waals surface area (Å²) >= 11 is 0. The Morgan fingerprint density at radius 2 is 1.57 bits per heavy atom. The van der Waals surface area contributed by atoms with Crippen LogP contribution in [0.1, 0.15) is 6.92 Å². The molecule has 8 heteroatoms. The molecule has 0 radical (unpaired) electrons. The van der Waals surface area contributed by atoms with Gasteiger partial charge in [0.05, 0.1) is 0 Å². The topological polar surface area (TPSA) is 130 Å². The molecule has 0 fully saturated rings. The quantitative estimate of drug-likeness (QED) is 0.352. The van der Waals surface area contributed by atoms with Crippen LogP contribution in [-0.4, -0.2) is 45.4 Å². The number of carboxylic acids is 1. The number of carbonyl (C=O) groups excluding carboxylic acids is 2. The van der Waals surface area contributed by atoms with Gasteiger partial charge < -0.3 is 15.3 Å². The summed E-state index contributed by atoms with van der Waals surface area (Å²) in [5.41, 5.74) is 0. The highest BCUT2D eigenvalue weighted by Crippen LogP contribution is 1.97. The fourth-order valence-electron chi connectivity index (χ4n) is 0.413. The fraction of sp³-hybridized carbons (Fsp3) is 0.500. The maximum atomic E-state index is 10.6. The summed E-state index contributed by atoms with van der Waals surface area (Å²) in [7, 11) is 0. The summed E-state index contributed by atoms with van der Waals surface area (Å²) in [6.07, 6.45) is -4.65. The van der Waals surface area contributed by atoms with E-state index in [1.165, 1.54) is 0 Å². The molecule has 3 N–H and O–H groups in total. The molecule has 0 saturated carbocycles. The molecule has 14 heavy (non-hydrogen) atoms. The average Bonchev–Trinajstić information content (AvgIpc) is 2.11. The van der Waals surface area contributed by atoms with E-state index in [9.17, 15) is 14.4 Å². The van der Waals surface area contributed by atoms with Crippen molar-refractivity contribution in [3.05, 3.63) is 0 Å². The van der Waals surface area contributed by atoms with Gasteiger partial charge >= 0.3 is 17.9 Å². The van der Waals surface area contributed by atoms with Crippen molar-refractivity contribution >= 4 is 17.9 Å². The Morgan fingerprint density at radius 1 is 1.07 bits per heavy atom. The van der Waals surface area contributed by atoms with Crippen LogP contribution in [0.3, 0.4) is 0 Å². The Kier molecular flexibility index (Phi) is 4.53. The molecule has 0 amide bonds. The van der Waals surface area contributed by atoms with E-state index < -0.39 is 30.1 Å². The van der Waals surface area contributed by atoms with E-state index in [0.29, 0.717) is 0 Å². The Labute approximate surface area is 77.6 Å². The standard InChI is InChI=1S/C6H8O8/c1-2(7)13-14-6(12)4(9)3(8)5(10)11/h3-4,8-9H,1H3,(H,10,11). The molecule has 0 aliphatic heterocycles. The molecule has 0 aromatic heterocycles. The summed E-state index contributed by atoms with van der Waals surface area (Å²) in [5, 5.41) is 25.6.